The molecule has 0 aliphatic rings. The molecule has 0 fully saturated rings. The monoisotopic (exact) mass is 314 g/mol. The number of hydrogen-bond acceptors (Lipinski definition) is 4. The van der Waals surface area contributed by atoms with Crippen LogP contribution in [0.4, 0.5) is 0 Å². The lowest BCUT2D eigenvalue weighted by Gasteiger charge is -2.08. The zero-order valence-electron chi connectivity index (χ0n) is 9.22. The summed E-state index contributed by atoms with van der Waals surface area (Å²) in [4.78, 5) is 7.93. The van der Waals surface area contributed by atoms with Gasteiger partial charge >= 0.3 is 0 Å². The van der Waals surface area contributed by atoms with E-state index < -0.39 is 0 Å². The lowest BCUT2D eigenvalue weighted by atomic mass is 10.3. The van der Waals surface area contributed by atoms with Crippen LogP contribution in [0.15, 0.2) is 30.6 Å². The first-order valence-electron chi connectivity index (χ1n) is 5.13. The van der Waals surface area contributed by atoms with Crippen molar-refractivity contribution in [1.82, 2.24) is 19.6 Å². The van der Waals surface area contributed by atoms with E-state index in [0.717, 1.165) is 0 Å². The minimum atomic E-state index is 0.244. The van der Waals surface area contributed by atoms with E-state index in [0.29, 0.717) is 27.5 Å². The van der Waals surface area contributed by atoms with Gasteiger partial charge in [0.2, 0.25) is 5.88 Å². The molecule has 0 unspecified atom stereocenters. The minimum absolute atomic E-state index is 0.244. The standard InChI is InChI=1S/C11H5Cl3N4O/c12-6-1-2-7(13)8(3-6)19-10-4-9(14)17-11-15-5-16-18(10)11/h1-5H. The third-order valence-electron chi connectivity index (χ3n) is 2.30. The first-order valence-corrected chi connectivity index (χ1v) is 6.26. The number of fused-ring (bicyclic) bond motifs is 1. The fraction of sp³-hybridized carbons (Fsp3) is 0. The second kappa shape index (κ2) is 4.85. The van der Waals surface area contributed by atoms with Crippen molar-refractivity contribution in [2.45, 2.75) is 0 Å². The fourth-order valence-electron chi connectivity index (χ4n) is 1.50. The predicted molar refractivity (Wildman–Crippen MR) is 72.3 cm³/mol. The Bertz CT molecular complexity index is 759. The fourth-order valence-corrected chi connectivity index (χ4v) is 1.99. The Morgan fingerprint density at radius 2 is 1.95 bits per heavy atom. The van der Waals surface area contributed by atoms with Crippen LogP contribution < -0.4 is 4.74 Å². The van der Waals surface area contributed by atoms with Crippen molar-refractivity contribution >= 4 is 40.6 Å². The number of nitrogens with zero attached hydrogens (tertiary/aromatic N) is 4. The van der Waals surface area contributed by atoms with E-state index in [-0.39, 0.29) is 5.15 Å². The van der Waals surface area contributed by atoms with Gasteiger partial charge < -0.3 is 4.74 Å². The Hall–Kier alpha value is -1.56. The van der Waals surface area contributed by atoms with E-state index in [1.165, 1.54) is 16.9 Å². The van der Waals surface area contributed by atoms with E-state index in [1.54, 1.807) is 18.2 Å². The number of rotatable bonds is 2. The molecule has 19 heavy (non-hydrogen) atoms. The Morgan fingerprint density at radius 3 is 2.79 bits per heavy atom. The summed E-state index contributed by atoms with van der Waals surface area (Å²) in [7, 11) is 0. The summed E-state index contributed by atoms with van der Waals surface area (Å²) in [6.07, 6.45) is 1.35. The van der Waals surface area contributed by atoms with Crippen LogP contribution in [0.2, 0.25) is 15.2 Å². The highest BCUT2D eigenvalue weighted by Crippen LogP contribution is 2.32. The van der Waals surface area contributed by atoms with Crippen molar-refractivity contribution in [3.63, 3.8) is 0 Å². The third kappa shape index (κ3) is 2.45. The summed E-state index contributed by atoms with van der Waals surface area (Å²) in [5.74, 6) is 1.07. The van der Waals surface area contributed by atoms with Crippen LogP contribution in [0.1, 0.15) is 0 Å². The van der Waals surface area contributed by atoms with Crippen LogP contribution in [0.25, 0.3) is 5.78 Å². The largest absolute Gasteiger partial charge is 0.437 e. The van der Waals surface area contributed by atoms with Gasteiger partial charge in [-0.1, -0.05) is 34.8 Å². The molecule has 0 N–H and O–H groups in total. The summed E-state index contributed by atoms with van der Waals surface area (Å²) in [5.41, 5.74) is 0. The van der Waals surface area contributed by atoms with E-state index in [1.807, 2.05) is 0 Å². The number of hydrogen-bond donors (Lipinski definition) is 0. The molecule has 0 aliphatic carbocycles. The molecule has 3 rings (SSSR count). The molecule has 2 aromatic heterocycles. The molecule has 0 aliphatic heterocycles. The van der Waals surface area contributed by atoms with Crippen molar-refractivity contribution in [2.75, 3.05) is 0 Å². The zero-order valence-corrected chi connectivity index (χ0v) is 11.5. The van der Waals surface area contributed by atoms with Gasteiger partial charge in [-0.3, -0.25) is 0 Å². The lowest BCUT2D eigenvalue weighted by molar-refractivity contribution is 0.446. The predicted octanol–water partition coefficient (Wildman–Crippen LogP) is 3.88. The van der Waals surface area contributed by atoms with Gasteiger partial charge in [-0.05, 0) is 12.1 Å². The van der Waals surface area contributed by atoms with Crippen molar-refractivity contribution in [1.29, 1.82) is 0 Å². The van der Waals surface area contributed by atoms with Crippen molar-refractivity contribution in [3.05, 3.63) is 45.8 Å². The van der Waals surface area contributed by atoms with Crippen LogP contribution in [0.5, 0.6) is 11.6 Å². The van der Waals surface area contributed by atoms with Crippen LogP contribution in [0, 0.1) is 0 Å². The minimum Gasteiger partial charge on any atom is -0.437 e. The lowest BCUT2D eigenvalue weighted by Crippen LogP contribution is -1.98. The van der Waals surface area contributed by atoms with Crippen molar-refractivity contribution in [3.8, 4) is 11.6 Å². The molecule has 8 heteroatoms. The summed E-state index contributed by atoms with van der Waals surface area (Å²) < 4.78 is 7.07. The van der Waals surface area contributed by atoms with E-state index >= 15 is 0 Å². The summed E-state index contributed by atoms with van der Waals surface area (Å²) in [6.45, 7) is 0. The Balaban J connectivity index is 2.10. The topological polar surface area (TPSA) is 52.3 Å². The number of aromatic nitrogens is 4. The van der Waals surface area contributed by atoms with Gasteiger partial charge in [0.15, 0.2) is 0 Å². The maximum atomic E-state index is 6.03. The van der Waals surface area contributed by atoms with Gasteiger partial charge in [0, 0.05) is 17.2 Å². The maximum Gasteiger partial charge on any atom is 0.256 e. The van der Waals surface area contributed by atoms with Crippen molar-refractivity contribution < 1.29 is 4.74 Å². The zero-order chi connectivity index (χ0) is 13.4. The normalized spacial score (nSPS) is 10.9. The second-order valence-electron chi connectivity index (χ2n) is 3.57. The molecule has 2 heterocycles. The van der Waals surface area contributed by atoms with Gasteiger partial charge in [-0.2, -0.15) is 19.6 Å². The average molecular weight is 316 g/mol. The molecule has 3 aromatic rings. The van der Waals surface area contributed by atoms with Crippen LogP contribution in [0.3, 0.4) is 0 Å². The second-order valence-corrected chi connectivity index (χ2v) is 4.80. The molecule has 1 aromatic carbocycles. The van der Waals surface area contributed by atoms with Gasteiger partial charge in [0.05, 0.1) is 5.02 Å². The molecule has 0 radical (unpaired) electrons. The van der Waals surface area contributed by atoms with Gasteiger partial charge in [-0.15, -0.1) is 0 Å². The van der Waals surface area contributed by atoms with E-state index in [4.69, 9.17) is 39.5 Å². The first-order chi connectivity index (χ1) is 9.13. The number of benzene rings is 1. The molecule has 5 nitrogen and oxygen atoms in total. The van der Waals surface area contributed by atoms with Crippen LogP contribution in [-0.4, -0.2) is 19.6 Å². The summed E-state index contributed by atoms with van der Waals surface area (Å²) in [5, 5.41) is 5.17. The van der Waals surface area contributed by atoms with Gasteiger partial charge in [0.25, 0.3) is 5.78 Å². The highest BCUT2D eigenvalue weighted by molar-refractivity contribution is 6.34. The molecule has 0 spiro atoms. The van der Waals surface area contributed by atoms with E-state index in [2.05, 4.69) is 15.1 Å². The SMILES string of the molecule is Clc1ccc(Cl)c(Oc2cc(Cl)nc3ncnn23)c1. The van der Waals surface area contributed by atoms with Gasteiger partial charge in [-0.25, -0.2) is 0 Å². The summed E-state index contributed by atoms with van der Waals surface area (Å²) in [6, 6.07) is 6.42. The highest BCUT2D eigenvalue weighted by Gasteiger charge is 2.11. The molecule has 0 amide bonds. The maximum absolute atomic E-state index is 6.03. The third-order valence-corrected chi connectivity index (χ3v) is 3.04. The average Bonchev–Trinajstić information content (AvgIpc) is 2.82. The molecule has 0 atom stereocenters. The molecular formula is C11H5Cl3N4O. The van der Waals surface area contributed by atoms with E-state index in [9.17, 15) is 0 Å². The molecular weight excluding hydrogens is 311 g/mol. The highest BCUT2D eigenvalue weighted by atomic mass is 35.5. The molecule has 0 saturated heterocycles. The Kier molecular flexibility index (Phi) is 3.18. The number of ether oxygens (including phenoxy) is 1. The quantitative estimate of drug-likeness (QED) is 0.673. The molecule has 96 valence electrons. The number of halogens is 3. The van der Waals surface area contributed by atoms with Crippen molar-refractivity contribution in [2.24, 2.45) is 0 Å². The van der Waals surface area contributed by atoms with Crippen LogP contribution in [-0.2, 0) is 0 Å². The Labute approximate surface area is 122 Å². The summed E-state index contributed by atoms with van der Waals surface area (Å²) >= 11 is 17.8. The van der Waals surface area contributed by atoms with Crippen LogP contribution >= 0.6 is 34.8 Å². The first kappa shape index (κ1) is 12.5. The molecule has 0 bridgehead atoms. The Morgan fingerprint density at radius 1 is 1.11 bits per heavy atom. The molecule has 0 saturated carbocycles. The smallest absolute Gasteiger partial charge is 0.256 e. The van der Waals surface area contributed by atoms with Gasteiger partial charge in [0.1, 0.15) is 17.2 Å².